The van der Waals surface area contributed by atoms with Crippen LogP contribution in [0.5, 0.6) is 0 Å². The standard InChI is InChI=1S/C21H33F3/c1-19(2,3)16(22)13-10-14(17(23)20(4,5)6)12-15(11-13)18(24)21(7,8)9/h10-12,16-18H,1-9H3. The second-order valence-electron chi connectivity index (χ2n) is 10.1. The van der Waals surface area contributed by atoms with E-state index in [1.54, 1.807) is 80.5 Å². The SMILES string of the molecule is CC(C)(C)C(F)c1cc(C(F)C(C)(C)C)cc(C(F)C(C)(C)C)c1. The predicted molar refractivity (Wildman–Crippen MR) is 96.4 cm³/mol. The minimum atomic E-state index is -1.28. The third-order valence-corrected chi connectivity index (χ3v) is 4.16. The van der Waals surface area contributed by atoms with E-state index < -0.39 is 34.8 Å². The van der Waals surface area contributed by atoms with Gasteiger partial charge in [0.1, 0.15) is 18.5 Å². The van der Waals surface area contributed by atoms with E-state index in [1.807, 2.05) is 0 Å². The second-order valence-corrected chi connectivity index (χ2v) is 10.1. The molecular formula is C21H33F3. The lowest BCUT2D eigenvalue weighted by Crippen LogP contribution is -2.19. The lowest BCUT2D eigenvalue weighted by atomic mass is 9.79. The van der Waals surface area contributed by atoms with Gasteiger partial charge in [-0.25, -0.2) is 13.2 Å². The number of hydrogen-bond acceptors (Lipinski definition) is 0. The van der Waals surface area contributed by atoms with Crippen LogP contribution in [-0.4, -0.2) is 0 Å². The van der Waals surface area contributed by atoms with E-state index in [-0.39, 0.29) is 0 Å². The molecule has 24 heavy (non-hydrogen) atoms. The first kappa shape index (κ1) is 21.1. The highest BCUT2D eigenvalue weighted by molar-refractivity contribution is 5.36. The average molecular weight is 342 g/mol. The van der Waals surface area contributed by atoms with Gasteiger partial charge in [-0.3, -0.25) is 0 Å². The van der Waals surface area contributed by atoms with Crippen LogP contribution in [0.1, 0.15) is 97.5 Å². The monoisotopic (exact) mass is 342 g/mol. The third kappa shape index (κ3) is 5.00. The number of benzene rings is 1. The Morgan fingerprint density at radius 1 is 0.500 bits per heavy atom. The minimum absolute atomic E-state index is 0.355. The van der Waals surface area contributed by atoms with Gasteiger partial charge in [-0.2, -0.15) is 0 Å². The highest BCUT2D eigenvalue weighted by Gasteiger charge is 2.33. The summed E-state index contributed by atoms with van der Waals surface area (Å²) < 4.78 is 44.6. The first-order chi connectivity index (χ1) is 10.5. The predicted octanol–water partition coefficient (Wildman–Crippen LogP) is 7.86. The summed E-state index contributed by atoms with van der Waals surface area (Å²) in [5, 5.41) is 0. The maximum Gasteiger partial charge on any atom is 0.130 e. The Labute approximate surface area is 145 Å². The summed E-state index contributed by atoms with van der Waals surface area (Å²) in [6.07, 6.45) is -3.85. The second kappa shape index (κ2) is 6.72. The summed E-state index contributed by atoms with van der Waals surface area (Å²) in [6.45, 7) is 16.1. The Balaban J connectivity index is 3.51. The number of hydrogen-bond donors (Lipinski definition) is 0. The van der Waals surface area contributed by atoms with E-state index in [0.29, 0.717) is 16.7 Å². The molecule has 0 heterocycles. The maximum absolute atomic E-state index is 14.9. The molecule has 3 heteroatoms. The molecule has 0 fully saturated rings. The van der Waals surface area contributed by atoms with Crippen LogP contribution < -0.4 is 0 Å². The number of rotatable bonds is 3. The van der Waals surface area contributed by atoms with Gasteiger partial charge < -0.3 is 0 Å². The molecule has 0 amide bonds. The Bertz CT molecular complexity index is 463. The fraction of sp³-hybridized carbons (Fsp3) is 0.714. The first-order valence-corrected chi connectivity index (χ1v) is 8.62. The van der Waals surface area contributed by atoms with Crippen molar-refractivity contribution in [1.29, 1.82) is 0 Å². The Morgan fingerprint density at radius 2 is 0.667 bits per heavy atom. The van der Waals surface area contributed by atoms with Crippen molar-refractivity contribution in [1.82, 2.24) is 0 Å². The van der Waals surface area contributed by atoms with Crippen LogP contribution in [0.25, 0.3) is 0 Å². The molecular weight excluding hydrogens is 309 g/mol. The lowest BCUT2D eigenvalue weighted by molar-refractivity contribution is 0.151. The summed E-state index contributed by atoms with van der Waals surface area (Å²) >= 11 is 0. The molecule has 1 rings (SSSR count). The fourth-order valence-corrected chi connectivity index (χ4v) is 2.64. The van der Waals surface area contributed by atoms with E-state index in [2.05, 4.69) is 0 Å². The molecule has 0 spiro atoms. The minimum Gasteiger partial charge on any atom is -0.242 e. The molecule has 0 aliphatic rings. The number of alkyl halides is 3. The van der Waals surface area contributed by atoms with Gasteiger partial charge in [-0.05, 0) is 51.1 Å². The zero-order chi connectivity index (χ0) is 19.1. The van der Waals surface area contributed by atoms with Gasteiger partial charge >= 0.3 is 0 Å². The fourth-order valence-electron chi connectivity index (χ4n) is 2.64. The van der Waals surface area contributed by atoms with Gasteiger partial charge in [0.2, 0.25) is 0 Å². The molecule has 0 aromatic heterocycles. The van der Waals surface area contributed by atoms with Crippen molar-refractivity contribution in [3.05, 3.63) is 34.9 Å². The molecule has 1 aromatic rings. The Morgan fingerprint density at radius 3 is 0.792 bits per heavy atom. The molecule has 138 valence electrons. The van der Waals surface area contributed by atoms with E-state index in [0.717, 1.165) is 0 Å². The van der Waals surface area contributed by atoms with Crippen molar-refractivity contribution in [2.45, 2.75) is 80.8 Å². The Kier molecular flexibility index (Phi) is 5.90. The van der Waals surface area contributed by atoms with Crippen LogP contribution in [0.15, 0.2) is 18.2 Å². The molecule has 1 aromatic carbocycles. The van der Waals surface area contributed by atoms with Crippen molar-refractivity contribution in [2.75, 3.05) is 0 Å². The van der Waals surface area contributed by atoms with E-state index >= 15 is 0 Å². The molecule has 0 nitrogen and oxygen atoms in total. The van der Waals surface area contributed by atoms with Crippen LogP contribution in [0.3, 0.4) is 0 Å². The van der Waals surface area contributed by atoms with Crippen molar-refractivity contribution >= 4 is 0 Å². The van der Waals surface area contributed by atoms with Crippen molar-refractivity contribution in [3.63, 3.8) is 0 Å². The third-order valence-electron chi connectivity index (χ3n) is 4.16. The largest absolute Gasteiger partial charge is 0.242 e. The highest BCUT2D eigenvalue weighted by atomic mass is 19.1. The Hall–Kier alpha value is -0.990. The van der Waals surface area contributed by atoms with Gasteiger partial charge in [0.15, 0.2) is 0 Å². The summed E-state index contributed by atoms with van der Waals surface area (Å²) in [5.74, 6) is 0. The quantitative estimate of drug-likeness (QED) is 0.524. The summed E-state index contributed by atoms with van der Waals surface area (Å²) in [6, 6.07) is 4.68. The van der Waals surface area contributed by atoms with Crippen molar-refractivity contribution in [2.24, 2.45) is 16.2 Å². The summed E-state index contributed by atoms with van der Waals surface area (Å²) in [7, 11) is 0. The zero-order valence-electron chi connectivity index (χ0n) is 16.6. The van der Waals surface area contributed by atoms with Crippen LogP contribution >= 0.6 is 0 Å². The van der Waals surface area contributed by atoms with E-state index in [9.17, 15) is 13.2 Å². The maximum atomic E-state index is 14.9. The highest BCUT2D eigenvalue weighted by Crippen LogP contribution is 2.44. The number of halogens is 3. The zero-order valence-corrected chi connectivity index (χ0v) is 16.6. The van der Waals surface area contributed by atoms with Crippen molar-refractivity contribution in [3.8, 4) is 0 Å². The molecule has 0 radical (unpaired) electrons. The van der Waals surface area contributed by atoms with Crippen molar-refractivity contribution < 1.29 is 13.2 Å². The topological polar surface area (TPSA) is 0 Å². The normalized spacial score (nSPS) is 17.5. The molecule has 3 unspecified atom stereocenters. The smallest absolute Gasteiger partial charge is 0.130 e. The van der Waals surface area contributed by atoms with E-state index in [4.69, 9.17) is 0 Å². The van der Waals surface area contributed by atoms with Gasteiger partial charge in [-0.15, -0.1) is 0 Å². The van der Waals surface area contributed by atoms with Crippen LogP contribution in [-0.2, 0) is 0 Å². The molecule has 0 saturated heterocycles. The molecule has 0 aliphatic carbocycles. The molecule has 0 N–H and O–H groups in total. The summed E-state index contributed by atoms with van der Waals surface area (Å²) in [4.78, 5) is 0. The molecule has 3 atom stereocenters. The molecule has 0 aliphatic heterocycles. The van der Waals surface area contributed by atoms with Gasteiger partial charge in [-0.1, -0.05) is 62.3 Å². The van der Waals surface area contributed by atoms with Crippen LogP contribution in [0.2, 0.25) is 0 Å². The van der Waals surface area contributed by atoms with Gasteiger partial charge in [0, 0.05) is 0 Å². The average Bonchev–Trinajstić information content (AvgIpc) is 2.41. The summed E-state index contributed by atoms with van der Waals surface area (Å²) in [5.41, 5.74) is -0.818. The lowest BCUT2D eigenvalue weighted by Gasteiger charge is -2.30. The molecule has 0 saturated carbocycles. The van der Waals surface area contributed by atoms with E-state index in [1.165, 1.54) is 0 Å². The molecule has 0 bridgehead atoms. The first-order valence-electron chi connectivity index (χ1n) is 8.62. The van der Waals surface area contributed by atoms with Gasteiger partial charge in [0.05, 0.1) is 0 Å². The van der Waals surface area contributed by atoms with Crippen LogP contribution in [0.4, 0.5) is 13.2 Å². The van der Waals surface area contributed by atoms with Gasteiger partial charge in [0.25, 0.3) is 0 Å². The van der Waals surface area contributed by atoms with Crippen LogP contribution in [0, 0.1) is 16.2 Å².